The fourth-order valence-electron chi connectivity index (χ4n) is 1.06. The molecular weight excluding hydrogens is 202 g/mol. The fourth-order valence-corrected chi connectivity index (χ4v) is 1.21. The smallest absolute Gasteiger partial charge is 0.0368 e. The minimum atomic E-state index is 0.165. The molecule has 0 aliphatic rings. The van der Waals surface area contributed by atoms with E-state index in [0.717, 1.165) is 4.90 Å². The second kappa shape index (κ2) is 6.06. The molecule has 0 bridgehead atoms. The van der Waals surface area contributed by atoms with Gasteiger partial charge in [-0.15, -0.1) is 12.6 Å². The standard InChI is InChI=1S/C11H17NS.C2H6/c1-11(2,3)12(4)9-5-7-10(13)8-6-9;1-2/h5-8,13H,1-4H3;1-2H3. The van der Waals surface area contributed by atoms with E-state index in [1.54, 1.807) is 0 Å². The van der Waals surface area contributed by atoms with Crippen molar-refractivity contribution in [3.8, 4) is 0 Å². The van der Waals surface area contributed by atoms with E-state index in [0.29, 0.717) is 0 Å². The average molecular weight is 225 g/mol. The average Bonchev–Trinajstić information content (AvgIpc) is 2.20. The fraction of sp³-hybridized carbons (Fsp3) is 0.538. The summed E-state index contributed by atoms with van der Waals surface area (Å²) in [6.45, 7) is 10.6. The maximum atomic E-state index is 4.25. The number of thiol groups is 1. The second-order valence-corrected chi connectivity index (χ2v) is 4.76. The molecule has 0 aliphatic carbocycles. The van der Waals surface area contributed by atoms with Crippen LogP contribution >= 0.6 is 12.6 Å². The molecule has 0 amide bonds. The van der Waals surface area contributed by atoms with Crippen LogP contribution in [0.1, 0.15) is 34.6 Å². The molecule has 1 aromatic carbocycles. The van der Waals surface area contributed by atoms with E-state index in [2.05, 4.69) is 57.5 Å². The Morgan fingerprint density at radius 3 is 1.73 bits per heavy atom. The van der Waals surface area contributed by atoms with Crippen molar-refractivity contribution in [1.82, 2.24) is 0 Å². The molecule has 0 fully saturated rings. The molecule has 0 radical (unpaired) electrons. The van der Waals surface area contributed by atoms with E-state index >= 15 is 0 Å². The van der Waals surface area contributed by atoms with Crippen molar-refractivity contribution < 1.29 is 0 Å². The lowest BCUT2D eigenvalue weighted by Gasteiger charge is -2.34. The first kappa shape index (κ1) is 14.4. The van der Waals surface area contributed by atoms with E-state index in [1.165, 1.54) is 5.69 Å². The zero-order chi connectivity index (χ0) is 12.1. The highest BCUT2D eigenvalue weighted by Gasteiger charge is 2.16. The zero-order valence-corrected chi connectivity index (χ0v) is 11.6. The Kier molecular flexibility index (Phi) is 5.81. The van der Waals surface area contributed by atoms with Gasteiger partial charge in [0, 0.05) is 23.2 Å². The van der Waals surface area contributed by atoms with Gasteiger partial charge in [0.1, 0.15) is 0 Å². The third kappa shape index (κ3) is 4.61. The molecule has 0 saturated heterocycles. The third-order valence-corrected chi connectivity index (χ3v) is 2.54. The predicted octanol–water partition coefficient (Wildman–Crippen LogP) is 4.24. The van der Waals surface area contributed by atoms with Gasteiger partial charge in [-0.25, -0.2) is 0 Å². The van der Waals surface area contributed by atoms with Gasteiger partial charge < -0.3 is 4.90 Å². The van der Waals surface area contributed by atoms with Gasteiger partial charge in [0.15, 0.2) is 0 Å². The van der Waals surface area contributed by atoms with E-state index in [1.807, 2.05) is 26.0 Å². The van der Waals surface area contributed by atoms with Crippen molar-refractivity contribution >= 4 is 18.3 Å². The number of hydrogen-bond acceptors (Lipinski definition) is 2. The van der Waals surface area contributed by atoms with E-state index in [4.69, 9.17) is 0 Å². The quantitative estimate of drug-likeness (QED) is 0.700. The summed E-state index contributed by atoms with van der Waals surface area (Å²) in [5.74, 6) is 0. The Bertz CT molecular complexity index is 272. The minimum Gasteiger partial charge on any atom is -0.370 e. The lowest BCUT2D eigenvalue weighted by Crippen LogP contribution is -2.37. The number of anilines is 1. The molecule has 0 unspecified atom stereocenters. The van der Waals surface area contributed by atoms with Gasteiger partial charge in [-0.1, -0.05) is 13.8 Å². The highest BCUT2D eigenvalue weighted by Crippen LogP contribution is 2.22. The summed E-state index contributed by atoms with van der Waals surface area (Å²) >= 11 is 4.25. The van der Waals surface area contributed by atoms with Crippen LogP contribution in [0.2, 0.25) is 0 Å². The van der Waals surface area contributed by atoms with Crippen LogP contribution in [-0.4, -0.2) is 12.6 Å². The van der Waals surface area contributed by atoms with Crippen molar-refractivity contribution in [2.45, 2.75) is 45.1 Å². The van der Waals surface area contributed by atoms with Gasteiger partial charge in [0.25, 0.3) is 0 Å². The van der Waals surface area contributed by atoms with Gasteiger partial charge in [-0.05, 0) is 45.0 Å². The monoisotopic (exact) mass is 225 g/mol. The van der Waals surface area contributed by atoms with Gasteiger partial charge in [-0.2, -0.15) is 0 Å². The maximum absolute atomic E-state index is 4.25. The van der Waals surface area contributed by atoms with Crippen LogP contribution in [0.5, 0.6) is 0 Å². The highest BCUT2D eigenvalue weighted by atomic mass is 32.1. The Morgan fingerprint density at radius 2 is 1.40 bits per heavy atom. The number of benzene rings is 1. The molecule has 1 aromatic rings. The van der Waals surface area contributed by atoms with Crippen LogP contribution in [0.25, 0.3) is 0 Å². The molecule has 0 N–H and O–H groups in total. The SMILES string of the molecule is CC.CN(c1ccc(S)cc1)C(C)(C)C. The van der Waals surface area contributed by atoms with Crippen molar-refractivity contribution in [2.24, 2.45) is 0 Å². The van der Waals surface area contributed by atoms with Gasteiger partial charge in [0.05, 0.1) is 0 Å². The molecule has 0 spiro atoms. The van der Waals surface area contributed by atoms with Crippen LogP contribution in [0.3, 0.4) is 0 Å². The lowest BCUT2D eigenvalue weighted by molar-refractivity contribution is 0.538. The molecule has 0 heterocycles. The van der Waals surface area contributed by atoms with E-state index < -0.39 is 0 Å². The summed E-state index contributed by atoms with van der Waals surface area (Å²) in [7, 11) is 2.10. The van der Waals surface area contributed by atoms with Crippen LogP contribution in [0.15, 0.2) is 29.2 Å². The lowest BCUT2D eigenvalue weighted by atomic mass is 10.1. The van der Waals surface area contributed by atoms with Crippen molar-refractivity contribution in [3.05, 3.63) is 24.3 Å². The van der Waals surface area contributed by atoms with Gasteiger partial charge in [-0.3, -0.25) is 0 Å². The summed E-state index contributed by atoms with van der Waals surface area (Å²) in [5, 5.41) is 0. The second-order valence-electron chi connectivity index (χ2n) is 4.25. The minimum absolute atomic E-state index is 0.165. The van der Waals surface area contributed by atoms with Gasteiger partial charge >= 0.3 is 0 Å². The molecule has 1 rings (SSSR count). The normalized spacial score (nSPS) is 10.3. The molecule has 86 valence electrons. The topological polar surface area (TPSA) is 3.24 Å². The van der Waals surface area contributed by atoms with Gasteiger partial charge in [0.2, 0.25) is 0 Å². The Balaban J connectivity index is 0.000000921. The molecule has 0 atom stereocenters. The molecule has 2 heteroatoms. The molecule has 0 aromatic heterocycles. The highest BCUT2D eigenvalue weighted by molar-refractivity contribution is 7.80. The van der Waals surface area contributed by atoms with Crippen LogP contribution < -0.4 is 4.90 Å². The Labute approximate surface area is 99.9 Å². The molecule has 0 saturated carbocycles. The van der Waals surface area contributed by atoms with Crippen LogP contribution in [0.4, 0.5) is 5.69 Å². The van der Waals surface area contributed by atoms with Crippen molar-refractivity contribution in [1.29, 1.82) is 0 Å². The van der Waals surface area contributed by atoms with Crippen LogP contribution in [-0.2, 0) is 0 Å². The maximum Gasteiger partial charge on any atom is 0.0368 e. The van der Waals surface area contributed by atoms with E-state index in [-0.39, 0.29) is 5.54 Å². The zero-order valence-electron chi connectivity index (χ0n) is 10.7. The third-order valence-electron chi connectivity index (χ3n) is 2.24. The first-order valence-electron chi connectivity index (χ1n) is 5.44. The molecule has 1 nitrogen and oxygen atoms in total. The molecular formula is C13H23NS. The van der Waals surface area contributed by atoms with E-state index in [9.17, 15) is 0 Å². The largest absolute Gasteiger partial charge is 0.370 e. The molecule has 15 heavy (non-hydrogen) atoms. The van der Waals surface area contributed by atoms with Crippen LogP contribution in [0, 0.1) is 0 Å². The summed E-state index contributed by atoms with van der Waals surface area (Å²) in [5.41, 5.74) is 1.39. The Hall–Kier alpha value is -0.630. The van der Waals surface area contributed by atoms with Crippen molar-refractivity contribution in [2.75, 3.05) is 11.9 Å². The summed E-state index contributed by atoms with van der Waals surface area (Å²) in [6.07, 6.45) is 0. The first-order chi connectivity index (χ1) is 6.91. The summed E-state index contributed by atoms with van der Waals surface area (Å²) in [4.78, 5) is 3.26. The summed E-state index contributed by atoms with van der Waals surface area (Å²) in [6, 6.07) is 8.21. The summed E-state index contributed by atoms with van der Waals surface area (Å²) < 4.78 is 0. The number of nitrogens with zero attached hydrogens (tertiary/aromatic N) is 1. The predicted molar refractivity (Wildman–Crippen MR) is 73.2 cm³/mol. The number of hydrogen-bond donors (Lipinski definition) is 1. The number of rotatable bonds is 1. The first-order valence-corrected chi connectivity index (χ1v) is 5.89. The Morgan fingerprint density at radius 1 is 1.00 bits per heavy atom. The van der Waals surface area contributed by atoms with Crippen molar-refractivity contribution in [3.63, 3.8) is 0 Å². The molecule has 0 aliphatic heterocycles.